The summed E-state index contributed by atoms with van der Waals surface area (Å²) in [6.45, 7) is 0.0377. The molecule has 1 heterocycles. The van der Waals surface area contributed by atoms with Crippen molar-refractivity contribution in [2.24, 2.45) is 0 Å². The zero-order valence-electron chi connectivity index (χ0n) is 16.9. The van der Waals surface area contributed by atoms with E-state index in [0.29, 0.717) is 21.7 Å². The van der Waals surface area contributed by atoms with Gasteiger partial charge in [-0.2, -0.15) is 4.73 Å². The number of halogens is 1. The van der Waals surface area contributed by atoms with Crippen LogP contribution in [0.25, 0.3) is 22.3 Å². The highest BCUT2D eigenvalue weighted by atomic mass is 19.1. The third-order valence-electron chi connectivity index (χ3n) is 4.84. The second kappa shape index (κ2) is 8.35. The van der Waals surface area contributed by atoms with E-state index >= 15 is 0 Å². The Labute approximate surface area is 177 Å². The van der Waals surface area contributed by atoms with E-state index < -0.39 is 11.4 Å². The number of para-hydroxylation sites is 2. The Hall–Kier alpha value is -4.07. The quantitative estimate of drug-likeness (QED) is 0.353. The standard InChI is InChI=1S/C23H19FN2O5/c1-29-20-12-7-15(13-21(20)30-2)14-31-26-19-6-4-3-5-18(19)25(28)22(23(26)27)16-8-10-17(24)11-9-16/h3-13H,14H2,1-2H3. The van der Waals surface area contributed by atoms with Gasteiger partial charge in [0.1, 0.15) is 12.4 Å². The van der Waals surface area contributed by atoms with Crippen molar-refractivity contribution in [3.05, 3.63) is 93.7 Å². The molecule has 31 heavy (non-hydrogen) atoms. The molecule has 0 aliphatic rings. The third-order valence-corrected chi connectivity index (χ3v) is 4.84. The maximum atomic E-state index is 13.3. The molecular weight excluding hydrogens is 403 g/mol. The van der Waals surface area contributed by atoms with E-state index in [1.54, 1.807) is 49.6 Å². The molecule has 0 radical (unpaired) electrons. The zero-order chi connectivity index (χ0) is 22.0. The number of fused-ring (bicyclic) bond motifs is 1. The highest BCUT2D eigenvalue weighted by Gasteiger charge is 2.23. The van der Waals surface area contributed by atoms with E-state index in [2.05, 4.69) is 0 Å². The lowest BCUT2D eigenvalue weighted by Crippen LogP contribution is -2.42. The third kappa shape index (κ3) is 3.75. The summed E-state index contributed by atoms with van der Waals surface area (Å²) in [6.07, 6.45) is 0. The Morgan fingerprint density at radius 1 is 0.968 bits per heavy atom. The largest absolute Gasteiger partial charge is 0.618 e. The summed E-state index contributed by atoms with van der Waals surface area (Å²) in [4.78, 5) is 19.0. The number of rotatable bonds is 6. The van der Waals surface area contributed by atoms with Crippen LogP contribution in [0.4, 0.5) is 4.39 Å². The molecule has 0 saturated carbocycles. The van der Waals surface area contributed by atoms with Crippen LogP contribution in [0.1, 0.15) is 5.56 Å². The lowest BCUT2D eigenvalue weighted by molar-refractivity contribution is -0.566. The number of aromatic nitrogens is 2. The molecule has 7 nitrogen and oxygen atoms in total. The van der Waals surface area contributed by atoms with E-state index in [4.69, 9.17) is 14.3 Å². The summed E-state index contributed by atoms with van der Waals surface area (Å²) in [5.41, 5.74) is 0.765. The fourth-order valence-corrected chi connectivity index (χ4v) is 3.31. The van der Waals surface area contributed by atoms with Crippen molar-refractivity contribution < 1.29 is 23.4 Å². The first kappa shape index (κ1) is 20.2. The van der Waals surface area contributed by atoms with Crippen molar-refractivity contribution in [1.29, 1.82) is 0 Å². The van der Waals surface area contributed by atoms with Crippen LogP contribution in [-0.2, 0) is 6.61 Å². The molecule has 0 atom stereocenters. The minimum atomic E-state index is -0.652. The minimum Gasteiger partial charge on any atom is -0.618 e. The van der Waals surface area contributed by atoms with Gasteiger partial charge in [0.2, 0.25) is 5.52 Å². The fraction of sp³-hybridized carbons (Fsp3) is 0.130. The van der Waals surface area contributed by atoms with Gasteiger partial charge in [0.05, 0.1) is 19.8 Å². The number of ether oxygens (including phenoxy) is 2. The molecule has 1 aromatic heterocycles. The molecule has 0 fully saturated rings. The van der Waals surface area contributed by atoms with Gasteiger partial charge in [-0.25, -0.2) is 4.39 Å². The SMILES string of the molecule is COc1ccc(COn2c(=O)c(-c3ccc(F)cc3)[n+]([O-])c3ccccc32)cc1OC. The predicted octanol–water partition coefficient (Wildman–Crippen LogP) is 3.09. The average Bonchev–Trinajstić information content (AvgIpc) is 2.80. The molecule has 0 spiro atoms. The highest BCUT2D eigenvalue weighted by molar-refractivity contribution is 5.73. The van der Waals surface area contributed by atoms with Crippen LogP contribution >= 0.6 is 0 Å². The first-order valence-corrected chi connectivity index (χ1v) is 9.41. The molecule has 3 aromatic carbocycles. The number of benzene rings is 3. The molecule has 0 amide bonds. The lowest BCUT2D eigenvalue weighted by atomic mass is 10.1. The zero-order valence-corrected chi connectivity index (χ0v) is 16.9. The van der Waals surface area contributed by atoms with E-state index in [1.165, 1.54) is 31.4 Å². The van der Waals surface area contributed by atoms with Crippen LogP contribution in [0.3, 0.4) is 0 Å². The lowest BCUT2D eigenvalue weighted by Gasteiger charge is -2.15. The van der Waals surface area contributed by atoms with Gasteiger partial charge in [-0.3, -0.25) is 4.79 Å². The van der Waals surface area contributed by atoms with Crippen LogP contribution < -0.4 is 24.6 Å². The maximum absolute atomic E-state index is 13.3. The second-order valence-corrected chi connectivity index (χ2v) is 6.70. The van der Waals surface area contributed by atoms with Crippen LogP contribution in [-0.4, -0.2) is 19.0 Å². The van der Waals surface area contributed by atoms with Crippen molar-refractivity contribution in [2.75, 3.05) is 14.2 Å². The summed E-state index contributed by atoms with van der Waals surface area (Å²) in [6, 6.07) is 17.0. The van der Waals surface area contributed by atoms with E-state index in [9.17, 15) is 14.4 Å². The summed E-state index contributed by atoms with van der Waals surface area (Å²) in [7, 11) is 3.07. The van der Waals surface area contributed by atoms with Crippen molar-refractivity contribution in [3.8, 4) is 22.8 Å². The number of hydrogen-bond donors (Lipinski definition) is 0. The van der Waals surface area contributed by atoms with Gasteiger partial charge >= 0.3 is 5.56 Å². The topological polar surface area (TPSA) is 76.6 Å². The Balaban J connectivity index is 1.80. The summed E-state index contributed by atoms with van der Waals surface area (Å²) in [5.74, 6) is 0.629. The molecule has 0 aliphatic heterocycles. The average molecular weight is 422 g/mol. The van der Waals surface area contributed by atoms with Gasteiger partial charge < -0.3 is 19.5 Å². The first-order chi connectivity index (χ1) is 15.0. The molecule has 0 aliphatic carbocycles. The molecule has 0 N–H and O–H groups in total. The molecule has 4 rings (SSSR count). The highest BCUT2D eigenvalue weighted by Crippen LogP contribution is 2.27. The molecule has 4 aromatic rings. The van der Waals surface area contributed by atoms with Crippen LogP contribution in [0.5, 0.6) is 11.5 Å². The van der Waals surface area contributed by atoms with Crippen molar-refractivity contribution in [2.45, 2.75) is 6.61 Å². The van der Waals surface area contributed by atoms with E-state index in [-0.39, 0.29) is 23.4 Å². The Morgan fingerprint density at radius 3 is 2.39 bits per heavy atom. The van der Waals surface area contributed by atoms with E-state index in [1.807, 2.05) is 0 Å². The summed E-state index contributed by atoms with van der Waals surface area (Å²) < 4.78 is 25.5. The Bertz CT molecular complexity index is 1300. The van der Waals surface area contributed by atoms with Crippen LogP contribution in [0.15, 0.2) is 71.5 Å². The van der Waals surface area contributed by atoms with Crippen molar-refractivity contribution >= 4 is 11.0 Å². The molecule has 0 saturated heterocycles. The first-order valence-electron chi connectivity index (χ1n) is 9.41. The molecule has 0 unspecified atom stereocenters. The Morgan fingerprint density at radius 2 is 1.68 bits per heavy atom. The normalized spacial score (nSPS) is 10.8. The smallest absolute Gasteiger partial charge is 0.357 e. The minimum absolute atomic E-state index is 0.0377. The maximum Gasteiger partial charge on any atom is 0.357 e. The van der Waals surface area contributed by atoms with Gasteiger partial charge in [-0.15, -0.1) is 4.73 Å². The van der Waals surface area contributed by atoms with Crippen molar-refractivity contribution in [3.63, 3.8) is 0 Å². The second-order valence-electron chi connectivity index (χ2n) is 6.70. The molecule has 158 valence electrons. The summed E-state index contributed by atoms with van der Waals surface area (Å²) >= 11 is 0. The van der Waals surface area contributed by atoms with Crippen molar-refractivity contribution in [1.82, 2.24) is 4.73 Å². The summed E-state index contributed by atoms with van der Waals surface area (Å²) in [5, 5.41) is 12.9. The van der Waals surface area contributed by atoms with Crippen LogP contribution in [0.2, 0.25) is 0 Å². The van der Waals surface area contributed by atoms with Gasteiger partial charge in [-0.05, 0) is 48.0 Å². The number of methoxy groups -OCH3 is 2. The Kier molecular flexibility index (Phi) is 5.44. The van der Waals surface area contributed by atoms with Gasteiger partial charge in [0, 0.05) is 6.07 Å². The monoisotopic (exact) mass is 422 g/mol. The van der Waals surface area contributed by atoms with E-state index in [0.717, 1.165) is 10.3 Å². The van der Waals surface area contributed by atoms with Gasteiger partial charge in [0.25, 0.3) is 5.69 Å². The van der Waals surface area contributed by atoms with Gasteiger partial charge in [-0.1, -0.05) is 18.2 Å². The van der Waals surface area contributed by atoms with Crippen LogP contribution in [0, 0.1) is 11.0 Å². The molecular formula is C23H19FN2O5. The predicted molar refractivity (Wildman–Crippen MR) is 112 cm³/mol. The van der Waals surface area contributed by atoms with Gasteiger partial charge in [0.15, 0.2) is 17.0 Å². The fourth-order valence-electron chi connectivity index (χ4n) is 3.31. The number of hydrogen-bond acceptors (Lipinski definition) is 5. The molecule has 8 heteroatoms. The number of nitrogens with zero attached hydrogens (tertiary/aromatic N) is 2. The molecule has 0 bridgehead atoms.